The first-order valence-corrected chi connectivity index (χ1v) is 11.0. The highest BCUT2D eigenvalue weighted by molar-refractivity contribution is 7.98. The van der Waals surface area contributed by atoms with Crippen molar-refractivity contribution in [3.8, 4) is 0 Å². The molecular weight excluding hydrogens is 385 g/mol. The van der Waals surface area contributed by atoms with Crippen molar-refractivity contribution < 1.29 is 12.8 Å². The minimum Gasteiger partial charge on any atom is -0.256 e. The number of hydrogen-bond donors (Lipinski definition) is 0. The molecule has 0 bridgehead atoms. The summed E-state index contributed by atoms with van der Waals surface area (Å²) in [5.74, 6) is 0.263. The normalized spacial score (nSPS) is 12.0. The number of rotatable bonds is 7. The number of pyridine rings is 2. The summed E-state index contributed by atoms with van der Waals surface area (Å²) in [6.07, 6.45) is 3.03. The monoisotopic (exact) mass is 405 g/mol. The minimum absolute atomic E-state index is 0.185. The molecule has 0 spiro atoms. The summed E-state index contributed by atoms with van der Waals surface area (Å²) in [5, 5.41) is 1.19. The second-order valence-electron chi connectivity index (χ2n) is 5.82. The number of sulfonamides is 1. The summed E-state index contributed by atoms with van der Waals surface area (Å²) in [6.45, 7) is 4.44. The quantitative estimate of drug-likeness (QED) is 0.554. The van der Waals surface area contributed by atoms with Gasteiger partial charge in [-0.25, -0.2) is 17.8 Å². The molecule has 0 aliphatic heterocycles. The van der Waals surface area contributed by atoms with Gasteiger partial charge in [0.15, 0.2) is 0 Å². The maximum Gasteiger partial charge on any atom is 0.244 e. The summed E-state index contributed by atoms with van der Waals surface area (Å²) in [7, 11) is -3.51. The smallest absolute Gasteiger partial charge is 0.244 e. The van der Waals surface area contributed by atoms with Crippen molar-refractivity contribution in [1.29, 1.82) is 0 Å². The number of aromatic nitrogens is 2. The van der Waals surface area contributed by atoms with Crippen LogP contribution in [-0.4, -0.2) is 35.8 Å². The molecule has 3 rings (SSSR count). The van der Waals surface area contributed by atoms with E-state index in [0.29, 0.717) is 34.8 Å². The molecule has 0 saturated heterocycles. The van der Waals surface area contributed by atoms with Crippen molar-refractivity contribution in [3.05, 3.63) is 60.2 Å². The van der Waals surface area contributed by atoms with Crippen LogP contribution in [0.25, 0.3) is 10.9 Å². The number of hydrogen-bond acceptors (Lipinski definition) is 5. The van der Waals surface area contributed by atoms with Gasteiger partial charge < -0.3 is 0 Å². The van der Waals surface area contributed by atoms with Crippen LogP contribution in [0.5, 0.6) is 0 Å². The van der Waals surface area contributed by atoms with E-state index in [1.165, 1.54) is 28.3 Å². The Kier molecular flexibility index (Phi) is 6.08. The molecule has 3 aromatic rings. The van der Waals surface area contributed by atoms with Gasteiger partial charge in [-0.2, -0.15) is 4.31 Å². The van der Waals surface area contributed by atoms with E-state index in [2.05, 4.69) is 9.97 Å². The zero-order valence-electron chi connectivity index (χ0n) is 15.1. The topological polar surface area (TPSA) is 63.2 Å². The van der Waals surface area contributed by atoms with Crippen LogP contribution < -0.4 is 0 Å². The molecule has 2 aromatic heterocycles. The van der Waals surface area contributed by atoms with Gasteiger partial charge in [-0.15, -0.1) is 11.8 Å². The van der Waals surface area contributed by atoms with Crippen molar-refractivity contribution in [3.63, 3.8) is 0 Å². The van der Waals surface area contributed by atoms with Crippen LogP contribution in [-0.2, 0) is 15.8 Å². The summed E-state index contributed by atoms with van der Waals surface area (Å²) < 4.78 is 40.3. The Morgan fingerprint density at radius 2 is 1.85 bits per heavy atom. The zero-order valence-corrected chi connectivity index (χ0v) is 16.7. The van der Waals surface area contributed by atoms with E-state index >= 15 is 0 Å². The summed E-state index contributed by atoms with van der Waals surface area (Å²) in [4.78, 5) is 8.74. The molecule has 0 unspecified atom stereocenters. The molecule has 27 heavy (non-hydrogen) atoms. The van der Waals surface area contributed by atoms with Crippen molar-refractivity contribution in [2.24, 2.45) is 0 Å². The molecule has 0 saturated carbocycles. The third-order valence-corrected chi connectivity index (χ3v) is 7.25. The molecule has 0 N–H and O–H groups in total. The van der Waals surface area contributed by atoms with Crippen LogP contribution in [0.15, 0.2) is 58.7 Å². The van der Waals surface area contributed by atoms with Crippen LogP contribution >= 0.6 is 11.8 Å². The van der Waals surface area contributed by atoms with Crippen molar-refractivity contribution in [2.75, 3.05) is 13.1 Å². The minimum atomic E-state index is -3.51. The van der Waals surface area contributed by atoms with Gasteiger partial charge in [0.05, 0.1) is 10.5 Å². The lowest BCUT2D eigenvalue weighted by atomic mass is 10.1. The number of halogens is 1. The highest BCUT2D eigenvalue weighted by Gasteiger charge is 2.21. The molecule has 0 radical (unpaired) electrons. The van der Waals surface area contributed by atoms with Crippen molar-refractivity contribution in [1.82, 2.24) is 14.3 Å². The fourth-order valence-electron chi connectivity index (χ4n) is 2.78. The molecule has 0 atom stereocenters. The largest absolute Gasteiger partial charge is 0.256 e. The molecule has 1 aromatic carbocycles. The Hall–Kier alpha value is -2.03. The highest BCUT2D eigenvalue weighted by Crippen LogP contribution is 2.27. The van der Waals surface area contributed by atoms with E-state index in [4.69, 9.17) is 0 Å². The Labute approximate surface area is 162 Å². The Morgan fingerprint density at radius 3 is 2.52 bits per heavy atom. The van der Waals surface area contributed by atoms with Crippen LogP contribution in [0, 0.1) is 5.82 Å². The fourth-order valence-corrected chi connectivity index (χ4v) is 5.01. The van der Waals surface area contributed by atoms with Crippen molar-refractivity contribution >= 4 is 32.7 Å². The van der Waals surface area contributed by atoms with Gasteiger partial charge >= 0.3 is 0 Å². The van der Waals surface area contributed by atoms with E-state index in [-0.39, 0.29) is 10.7 Å². The van der Waals surface area contributed by atoms with Gasteiger partial charge in [0, 0.05) is 36.6 Å². The molecule has 0 aliphatic carbocycles. The number of thioether (sulfide) groups is 1. The van der Waals surface area contributed by atoms with E-state index in [0.717, 1.165) is 5.56 Å². The average Bonchev–Trinajstić information content (AvgIpc) is 2.69. The second-order valence-corrected chi connectivity index (χ2v) is 8.75. The maximum atomic E-state index is 13.9. The van der Waals surface area contributed by atoms with E-state index in [1.54, 1.807) is 50.4 Å². The second kappa shape index (κ2) is 8.33. The fraction of sp³-hybridized carbons (Fsp3) is 0.263. The Bertz CT molecular complexity index is 1040. The van der Waals surface area contributed by atoms with E-state index < -0.39 is 10.0 Å². The van der Waals surface area contributed by atoms with E-state index in [1.807, 2.05) is 0 Å². The SMILES string of the molecule is CCN(CC)S(=O)(=O)c1ccc(SCc2ccc(F)c3cccnc23)nc1. The van der Waals surface area contributed by atoms with Crippen molar-refractivity contribution in [2.45, 2.75) is 29.5 Å². The highest BCUT2D eigenvalue weighted by atomic mass is 32.2. The molecular formula is C19H20FN3O2S2. The van der Waals surface area contributed by atoms with E-state index in [9.17, 15) is 12.8 Å². The van der Waals surface area contributed by atoms with Crippen LogP contribution in [0.4, 0.5) is 4.39 Å². The molecule has 2 heterocycles. The number of nitrogens with zero attached hydrogens (tertiary/aromatic N) is 3. The molecule has 0 amide bonds. The lowest BCUT2D eigenvalue weighted by Crippen LogP contribution is -2.30. The summed E-state index contributed by atoms with van der Waals surface area (Å²) in [5.41, 5.74) is 1.53. The van der Waals surface area contributed by atoms with Gasteiger partial charge in [0.2, 0.25) is 10.0 Å². The molecule has 0 fully saturated rings. The Morgan fingerprint density at radius 1 is 1.07 bits per heavy atom. The third-order valence-electron chi connectivity index (χ3n) is 4.23. The molecule has 0 aliphatic rings. The average molecular weight is 406 g/mol. The van der Waals surface area contributed by atoms with Gasteiger partial charge in [0.25, 0.3) is 0 Å². The van der Waals surface area contributed by atoms with Crippen LogP contribution in [0.1, 0.15) is 19.4 Å². The molecule has 142 valence electrons. The number of fused-ring (bicyclic) bond motifs is 1. The first kappa shape index (κ1) is 19.7. The Balaban J connectivity index is 1.78. The predicted molar refractivity (Wildman–Crippen MR) is 106 cm³/mol. The molecule has 8 heteroatoms. The van der Waals surface area contributed by atoms with Gasteiger partial charge in [0.1, 0.15) is 10.7 Å². The summed E-state index contributed by atoms with van der Waals surface area (Å²) >= 11 is 1.45. The maximum absolute atomic E-state index is 13.9. The number of benzene rings is 1. The van der Waals surface area contributed by atoms with Gasteiger partial charge in [-0.05, 0) is 35.9 Å². The zero-order chi connectivity index (χ0) is 19.4. The lowest BCUT2D eigenvalue weighted by Gasteiger charge is -2.18. The standard InChI is InChI=1S/C19H20FN3O2S2/c1-3-23(4-2)27(24,25)15-8-10-18(22-12-15)26-13-14-7-9-17(20)16-6-5-11-21-19(14)16/h5-12H,3-4,13H2,1-2H3. The first-order chi connectivity index (χ1) is 13.0. The molecule has 5 nitrogen and oxygen atoms in total. The summed E-state index contributed by atoms with van der Waals surface area (Å²) in [6, 6.07) is 9.84. The van der Waals surface area contributed by atoms with Gasteiger partial charge in [-0.1, -0.05) is 19.9 Å². The van der Waals surface area contributed by atoms with Crippen LogP contribution in [0.3, 0.4) is 0 Å². The lowest BCUT2D eigenvalue weighted by molar-refractivity contribution is 0.445. The van der Waals surface area contributed by atoms with Crippen LogP contribution in [0.2, 0.25) is 0 Å². The predicted octanol–water partition coefficient (Wildman–Crippen LogP) is 4.09. The first-order valence-electron chi connectivity index (χ1n) is 8.58. The van der Waals surface area contributed by atoms with Gasteiger partial charge in [-0.3, -0.25) is 4.98 Å². The third kappa shape index (κ3) is 4.12.